The van der Waals surface area contributed by atoms with Crippen molar-refractivity contribution in [2.75, 3.05) is 23.4 Å². The lowest BCUT2D eigenvalue weighted by molar-refractivity contribution is -0.384. The van der Waals surface area contributed by atoms with Crippen molar-refractivity contribution in [3.63, 3.8) is 0 Å². The number of carbonyl (C=O) groups excluding carboxylic acids is 1. The van der Waals surface area contributed by atoms with Gasteiger partial charge in [-0.2, -0.15) is 0 Å². The molecule has 20 heavy (non-hydrogen) atoms. The van der Waals surface area contributed by atoms with Gasteiger partial charge in [-0.15, -0.1) is 0 Å². The number of hydrogen-bond donors (Lipinski definition) is 1. The third-order valence-corrected chi connectivity index (χ3v) is 4.83. The lowest BCUT2D eigenvalue weighted by Crippen LogP contribution is -2.15. The summed E-state index contributed by atoms with van der Waals surface area (Å²) in [5.74, 6) is 1.13. The second kappa shape index (κ2) is 6.76. The molecular weight excluding hydrogens is 298 g/mol. The first-order valence-electron chi connectivity index (χ1n) is 5.91. The zero-order valence-corrected chi connectivity index (χ0v) is 12.4. The highest BCUT2D eigenvalue weighted by Crippen LogP contribution is 2.23. The zero-order chi connectivity index (χ0) is 14.5. The number of anilines is 1. The summed E-state index contributed by atoms with van der Waals surface area (Å²) in [4.78, 5) is 26.2. The van der Waals surface area contributed by atoms with Crippen LogP contribution < -0.4 is 5.32 Å². The van der Waals surface area contributed by atoms with Crippen LogP contribution in [0.25, 0.3) is 0 Å². The van der Waals surface area contributed by atoms with Gasteiger partial charge in [0.05, 0.1) is 17.2 Å². The molecule has 0 unspecified atom stereocenters. The Hall–Kier alpha value is -1.54. The highest BCUT2D eigenvalue weighted by atomic mass is 32.2. The van der Waals surface area contributed by atoms with E-state index in [4.69, 9.17) is 0 Å². The van der Waals surface area contributed by atoms with E-state index in [9.17, 15) is 14.9 Å². The molecule has 0 bridgehead atoms. The number of nitro groups is 1. The number of rotatable bonds is 4. The monoisotopic (exact) mass is 311 g/mol. The molecule has 2 rings (SSSR count). The molecule has 0 aromatic heterocycles. The zero-order valence-electron chi connectivity index (χ0n) is 10.8. The Morgan fingerprint density at radius 1 is 1.60 bits per heavy atom. The quantitative estimate of drug-likeness (QED) is 0.682. The van der Waals surface area contributed by atoms with Crippen LogP contribution in [0.4, 0.5) is 11.4 Å². The highest BCUT2D eigenvalue weighted by Gasteiger charge is 2.13. The first kappa shape index (κ1) is 14.9. The van der Waals surface area contributed by atoms with Crippen LogP contribution in [-0.2, 0) is 4.79 Å². The summed E-state index contributed by atoms with van der Waals surface area (Å²) in [7, 11) is 0. The number of aliphatic imine (C=N–C) groups is 1. The number of nitrogens with zero attached hydrogens (tertiary/aromatic N) is 2. The number of carbonyl (C=O) groups is 1. The van der Waals surface area contributed by atoms with E-state index in [1.165, 1.54) is 23.9 Å². The van der Waals surface area contributed by atoms with Crippen LogP contribution in [0.5, 0.6) is 0 Å². The van der Waals surface area contributed by atoms with Crippen molar-refractivity contribution in [3.8, 4) is 0 Å². The summed E-state index contributed by atoms with van der Waals surface area (Å²) in [6, 6.07) is 4.38. The minimum absolute atomic E-state index is 0.0200. The van der Waals surface area contributed by atoms with Crippen LogP contribution in [0.1, 0.15) is 5.56 Å². The van der Waals surface area contributed by atoms with Crippen molar-refractivity contribution in [3.05, 3.63) is 33.9 Å². The average molecular weight is 311 g/mol. The Labute approximate surface area is 124 Å². The van der Waals surface area contributed by atoms with Crippen molar-refractivity contribution in [1.82, 2.24) is 0 Å². The van der Waals surface area contributed by atoms with Crippen LogP contribution in [0.15, 0.2) is 23.2 Å². The second-order valence-electron chi connectivity index (χ2n) is 4.09. The van der Waals surface area contributed by atoms with Gasteiger partial charge in [0, 0.05) is 23.6 Å². The fourth-order valence-electron chi connectivity index (χ4n) is 1.62. The Kier molecular flexibility index (Phi) is 5.02. The number of benzene rings is 1. The lowest BCUT2D eigenvalue weighted by atomic mass is 10.2. The predicted molar refractivity (Wildman–Crippen MR) is 83.7 cm³/mol. The van der Waals surface area contributed by atoms with Gasteiger partial charge in [0.25, 0.3) is 5.69 Å². The molecule has 0 aliphatic carbocycles. The van der Waals surface area contributed by atoms with Gasteiger partial charge in [0.15, 0.2) is 0 Å². The number of thioether (sulfide) groups is 2. The highest BCUT2D eigenvalue weighted by molar-refractivity contribution is 8.39. The molecule has 106 valence electrons. The molecule has 1 amide bonds. The van der Waals surface area contributed by atoms with Gasteiger partial charge in [-0.1, -0.05) is 23.5 Å². The maximum atomic E-state index is 11.8. The molecule has 1 aromatic rings. The minimum atomic E-state index is -0.454. The summed E-state index contributed by atoms with van der Waals surface area (Å²) >= 11 is 3.07. The Morgan fingerprint density at radius 2 is 2.40 bits per heavy atom. The van der Waals surface area contributed by atoms with E-state index < -0.39 is 4.92 Å². The Bertz CT molecular complexity index is 575. The van der Waals surface area contributed by atoms with Gasteiger partial charge in [-0.25, -0.2) is 0 Å². The van der Waals surface area contributed by atoms with Gasteiger partial charge in [0.2, 0.25) is 5.91 Å². The number of amides is 1. The first-order chi connectivity index (χ1) is 9.56. The van der Waals surface area contributed by atoms with Gasteiger partial charge in [0.1, 0.15) is 4.38 Å². The van der Waals surface area contributed by atoms with Crippen LogP contribution in [0, 0.1) is 17.0 Å². The predicted octanol–water partition coefficient (Wildman–Crippen LogP) is 2.68. The van der Waals surface area contributed by atoms with Gasteiger partial charge in [-0.05, 0) is 18.6 Å². The lowest BCUT2D eigenvalue weighted by Gasteiger charge is -2.07. The van der Waals surface area contributed by atoms with E-state index in [1.54, 1.807) is 24.8 Å². The summed E-state index contributed by atoms with van der Waals surface area (Å²) in [6.07, 6.45) is 0. The molecule has 1 N–H and O–H groups in total. The van der Waals surface area contributed by atoms with Gasteiger partial charge in [-0.3, -0.25) is 19.9 Å². The van der Waals surface area contributed by atoms with E-state index in [2.05, 4.69) is 10.3 Å². The fraction of sp³-hybridized carbons (Fsp3) is 0.333. The molecule has 0 radical (unpaired) electrons. The molecule has 0 atom stereocenters. The molecule has 1 aliphatic heterocycles. The third-order valence-electron chi connectivity index (χ3n) is 2.58. The second-order valence-corrected chi connectivity index (χ2v) is 6.40. The van der Waals surface area contributed by atoms with Crippen LogP contribution in [0.3, 0.4) is 0 Å². The summed E-state index contributed by atoms with van der Waals surface area (Å²) < 4.78 is 0.945. The van der Waals surface area contributed by atoms with Crippen molar-refractivity contribution in [2.24, 2.45) is 4.99 Å². The van der Waals surface area contributed by atoms with E-state index in [1.807, 2.05) is 0 Å². The van der Waals surface area contributed by atoms with Crippen molar-refractivity contribution in [1.29, 1.82) is 0 Å². The van der Waals surface area contributed by atoms with Crippen molar-refractivity contribution < 1.29 is 9.72 Å². The third kappa shape index (κ3) is 3.97. The SMILES string of the molecule is Cc1cc([N+](=O)[O-])ccc1NC(=O)CSC1=NCCS1. The number of non-ortho nitro benzene ring substituents is 1. The van der Waals surface area contributed by atoms with Crippen LogP contribution >= 0.6 is 23.5 Å². The number of aryl methyl sites for hydroxylation is 1. The van der Waals surface area contributed by atoms with E-state index >= 15 is 0 Å². The van der Waals surface area contributed by atoms with Crippen LogP contribution in [-0.4, -0.2) is 33.3 Å². The standard InChI is InChI=1S/C12H13N3O3S2/c1-8-6-9(15(17)18)2-3-10(8)14-11(16)7-20-12-13-4-5-19-12/h2-3,6H,4-5,7H2,1H3,(H,14,16). The van der Waals surface area contributed by atoms with Crippen LogP contribution in [0.2, 0.25) is 0 Å². The Balaban J connectivity index is 1.92. The summed E-state index contributed by atoms with van der Waals surface area (Å²) in [5.41, 5.74) is 1.29. The molecule has 0 fully saturated rings. The first-order valence-corrected chi connectivity index (χ1v) is 7.88. The molecule has 1 aliphatic rings. The van der Waals surface area contributed by atoms with Gasteiger partial charge < -0.3 is 5.32 Å². The number of hydrogen-bond acceptors (Lipinski definition) is 6. The summed E-state index contributed by atoms with van der Waals surface area (Å²) in [5, 5.41) is 13.4. The number of nitrogens with one attached hydrogen (secondary N) is 1. The van der Waals surface area contributed by atoms with Crippen molar-refractivity contribution >= 4 is 45.2 Å². The maximum absolute atomic E-state index is 11.8. The average Bonchev–Trinajstić information content (AvgIpc) is 2.91. The molecule has 0 spiro atoms. The molecule has 6 nitrogen and oxygen atoms in total. The molecular formula is C12H13N3O3S2. The smallest absolute Gasteiger partial charge is 0.269 e. The largest absolute Gasteiger partial charge is 0.325 e. The normalized spacial score (nSPS) is 13.9. The Morgan fingerprint density at radius 3 is 3.00 bits per heavy atom. The molecule has 1 heterocycles. The van der Waals surface area contributed by atoms with E-state index in [0.717, 1.165) is 16.7 Å². The number of nitro benzene ring substituents is 1. The molecule has 0 saturated carbocycles. The topological polar surface area (TPSA) is 84.6 Å². The fourth-order valence-corrected chi connectivity index (χ4v) is 3.43. The molecule has 1 aromatic carbocycles. The molecule has 8 heteroatoms. The van der Waals surface area contributed by atoms with E-state index in [-0.39, 0.29) is 11.6 Å². The molecule has 0 saturated heterocycles. The maximum Gasteiger partial charge on any atom is 0.269 e. The van der Waals surface area contributed by atoms with Crippen molar-refractivity contribution in [2.45, 2.75) is 6.92 Å². The van der Waals surface area contributed by atoms with Gasteiger partial charge >= 0.3 is 0 Å². The van der Waals surface area contributed by atoms with E-state index in [0.29, 0.717) is 17.0 Å². The minimum Gasteiger partial charge on any atom is -0.325 e. The summed E-state index contributed by atoms with van der Waals surface area (Å²) in [6.45, 7) is 2.54.